The van der Waals surface area contributed by atoms with Crippen LogP contribution >= 0.6 is 15.9 Å². The summed E-state index contributed by atoms with van der Waals surface area (Å²) < 4.78 is 6.77. The molecule has 0 saturated heterocycles. The molecule has 102 valence electrons. The van der Waals surface area contributed by atoms with Crippen LogP contribution in [0.25, 0.3) is 0 Å². The Hall–Kier alpha value is -0.540. The van der Waals surface area contributed by atoms with Gasteiger partial charge in [0.15, 0.2) is 0 Å². The van der Waals surface area contributed by atoms with Crippen molar-refractivity contribution in [1.82, 2.24) is 5.32 Å². The summed E-state index contributed by atoms with van der Waals surface area (Å²) >= 11 is 3.64. The van der Waals surface area contributed by atoms with Gasteiger partial charge in [0.2, 0.25) is 0 Å². The van der Waals surface area contributed by atoms with Crippen molar-refractivity contribution in [2.24, 2.45) is 0 Å². The summed E-state index contributed by atoms with van der Waals surface area (Å²) in [4.78, 5) is 0. The van der Waals surface area contributed by atoms with E-state index in [9.17, 15) is 0 Å². The van der Waals surface area contributed by atoms with Crippen LogP contribution in [0.4, 0.5) is 0 Å². The Morgan fingerprint density at radius 1 is 1.33 bits per heavy atom. The average molecular weight is 314 g/mol. The highest BCUT2D eigenvalue weighted by atomic mass is 79.9. The number of methoxy groups -OCH3 is 1. The molecule has 0 saturated carbocycles. The predicted molar refractivity (Wildman–Crippen MR) is 81.5 cm³/mol. The molecule has 0 aromatic heterocycles. The van der Waals surface area contributed by atoms with Gasteiger partial charge in [0, 0.05) is 16.1 Å². The van der Waals surface area contributed by atoms with Gasteiger partial charge >= 0.3 is 0 Å². The molecule has 0 aliphatic heterocycles. The van der Waals surface area contributed by atoms with E-state index in [1.54, 1.807) is 7.11 Å². The van der Waals surface area contributed by atoms with Gasteiger partial charge in [-0.1, -0.05) is 29.8 Å². The third-order valence-electron chi connectivity index (χ3n) is 3.31. The number of nitrogens with one attached hydrogen (secondary N) is 1. The van der Waals surface area contributed by atoms with Crippen molar-refractivity contribution in [3.05, 3.63) is 27.2 Å². The topological polar surface area (TPSA) is 21.3 Å². The van der Waals surface area contributed by atoms with E-state index in [1.807, 2.05) is 0 Å². The summed E-state index contributed by atoms with van der Waals surface area (Å²) in [5, 5.41) is 3.60. The summed E-state index contributed by atoms with van der Waals surface area (Å²) in [6, 6.07) is 2.49. The maximum absolute atomic E-state index is 5.61. The minimum Gasteiger partial charge on any atom is -0.496 e. The van der Waals surface area contributed by atoms with Crippen LogP contribution < -0.4 is 10.1 Å². The van der Waals surface area contributed by atoms with Gasteiger partial charge in [-0.15, -0.1) is 0 Å². The fourth-order valence-corrected chi connectivity index (χ4v) is 2.89. The Bertz CT molecular complexity index is 404. The summed E-state index contributed by atoms with van der Waals surface area (Å²) in [6.45, 7) is 9.68. The van der Waals surface area contributed by atoms with E-state index in [4.69, 9.17) is 4.74 Å². The van der Waals surface area contributed by atoms with Crippen LogP contribution in [0.5, 0.6) is 5.75 Å². The zero-order valence-electron chi connectivity index (χ0n) is 12.1. The number of halogens is 1. The highest BCUT2D eigenvalue weighted by Gasteiger charge is 2.20. The van der Waals surface area contributed by atoms with Crippen LogP contribution in [0.1, 0.15) is 49.4 Å². The lowest BCUT2D eigenvalue weighted by atomic mass is 9.95. The van der Waals surface area contributed by atoms with Crippen molar-refractivity contribution in [2.75, 3.05) is 13.7 Å². The largest absolute Gasteiger partial charge is 0.496 e. The molecule has 0 fully saturated rings. The number of benzene rings is 1. The summed E-state index contributed by atoms with van der Waals surface area (Å²) in [5.74, 6) is 1.02. The molecule has 1 aromatic carbocycles. The van der Waals surface area contributed by atoms with Gasteiger partial charge in [-0.25, -0.2) is 0 Å². The fraction of sp³-hybridized carbons (Fsp3) is 0.600. The molecule has 1 N–H and O–H groups in total. The predicted octanol–water partition coefficient (Wildman–Crippen LogP) is 4.53. The number of rotatable bonds is 6. The second-order valence-corrected chi connectivity index (χ2v) is 5.52. The lowest BCUT2D eigenvalue weighted by Crippen LogP contribution is -2.23. The second kappa shape index (κ2) is 7.15. The summed E-state index contributed by atoms with van der Waals surface area (Å²) in [5.41, 5.74) is 3.75. The Morgan fingerprint density at radius 3 is 2.50 bits per heavy atom. The van der Waals surface area contributed by atoms with Crippen LogP contribution in [0.15, 0.2) is 10.5 Å². The first-order chi connectivity index (χ1) is 8.56. The van der Waals surface area contributed by atoms with E-state index in [2.05, 4.69) is 55.0 Å². The Kier molecular flexibility index (Phi) is 6.16. The van der Waals surface area contributed by atoms with Gasteiger partial charge in [0.25, 0.3) is 0 Å². The van der Waals surface area contributed by atoms with Crippen LogP contribution in [-0.4, -0.2) is 13.7 Å². The van der Waals surface area contributed by atoms with Crippen molar-refractivity contribution in [1.29, 1.82) is 0 Å². The van der Waals surface area contributed by atoms with Crippen LogP contribution in [0.2, 0.25) is 0 Å². The van der Waals surface area contributed by atoms with E-state index < -0.39 is 0 Å². The van der Waals surface area contributed by atoms with Gasteiger partial charge in [-0.05, 0) is 50.4 Å². The molecule has 3 heteroatoms. The third kappa shape index (κ3) is 3.27. The van der Waals surface area contributed by atoms with Gasteiger partial charge < -0.3 is 10.1 Å². The van der Waals surface area contributed by atoms with E-state index in [1.165, 1.54) is 16.7 Å². The minimum absolute atomic E-state index is 0.357. The zero-order valence-corrected chi connectivity index (χ0v) is 13.6. The Balaban J connectivity index is 3.25. The first kappa shape index (κ1) is 15.5. The van der Waals surface area contributed by atoms with Crippen molar-refractivity contribution < 1.29 is 4.74 Å². The molecule has 1 atom stereocenters. The second-order valence-electron chi connectivity index (χ2n) is 4.66. The van der Waals surface area contributed by atoms with Gasteiger partial charge in [-0.3, -0.25) is 0 Å². The van der Waals surface area contributed by atoms with E-state index in [-0.39, 0.29) is 0 Å². The molecule has 0 heterocycles. The molecule has 0 aliphatic carbocycles. The Morgan fingerprint density at radius 2 is 2.00 bits per heavy atom. The highest BCUT2D eigenvalue weighted by Crippen LogP contribution is 2.37. The number of hydrogen-bond donors (Lipinski definition) is 1. The van der Waals surface area contributed by atoms with Crippen LogP contribution in [0, 0.1) is 13.8 Å². The summed E-state index contributed by atoms with van der Waals surface area (Å²) in [7, 11) is 1.76. The lowest BCUT2D eigenvalue weighted by molar-refractivity contribution is 0.393. The third-order valence-corrected chi connectivity index (χ3v) is 4.13. The normalized spacial score (nSPS) is 12.6. The van der Waals surface area contributed by atoms with Gasteiger partial charge in [-0.2, -0.15) is 0 Å². The molecule has 0 aliphatic rings. The molecule has 0 bridgehead atoms. The quantitative estimate of drug-likeness (QED) is 0.833. The van der Waals surface area contributed by atoms with Gasteiger partial charge in [0.05, 0.1) is 7.11 Å². The maximum Gasteiger partial charge on any atom is 0.126 e. The molecule has 1 rings (SSSR count). The molecule has 18 heavy (non-hydrogen) atoms. The van der Waals surface area contributed by atoms with Gasteiger partial charge in [0.1, 0.15) is 5.75 Å². The first-order valence-electron chi connectivity index (χ1n) is 6.63. The molecule has 1 unspecified atom stereocenters. The molecule has 1 aromatic rings. The number of ether oxygens (including phenoxy) is 1. The molecule has 0 spiro atoms. The van der Waals surface area contributed by atoms with E-state index in [0.717, 1.165) is 29.6 Å². The average Bonchev–Trinajstić information content (AvgIpc) is 2.35. The van der Waals surface area contributed by atoms with Crippen LogP contribution in [-0.2, 0) is 0 Å². The monoisotopic (exact) mass is 313 g/mol. The van der Waals surface area contributed by atoms with Crippen molar-refractivity contribution in [3.8, 4) is 5.75 Å². The number of hydrogen-bond acceptors (Lipinski definition) is 2. The summed E-state index contributed by atoms with van der Waals surface area (Å²) in [6.07, 6.45) is 2.21. The lowest BCUT2D eigenvalue weighted by Gasteiger charge is -2.24. The molecule has 2 nitrogen and oxygen atoms in total. The van der Waals surface area contributed by atoms with Crippen molar-refractivity contribution >= 4 is 15.9 Å². The van der Waals surface area contributed by atoms with Crippen LogP contribution in [0.3, 0.4) is 0 Å². The SMILES string of the molecule is CCCNC(CC)c1c(C)c(Br)cc(C)c1OC. The highest BCUT2D eigenvalue weighted by molar-refractivity contribution is 9.10. The molecule has 0 radical (unpaired) electrons. The van der Waals surface area contributed by atoms with Crippen molar-refractivity contribution in [2.45, 2.75) is 46.6 Å². The first-order valence-corrected chi connectivity index (χ1v) is 7.43. The maximum atomic E-state index is 5.61. The molecule has 0 amide bonds. The van der Waals surface area contributed by atoms with E-state index in [0.29, 0.717) is 6.04 Å². The fourth-order valence-electron chi connectivity index (χ4n) is 2.33. The molecular formula is C15H24BrNO. The Labute approximate surface area is 119 Å². The minimum atomic E-state index is 0.357. The standard InChI is InChI=1S/C15H24BrNO/c1-6-8-17-13(7-2)14-11(4)12(16)9-10(3)15(14)18-5/h9,13,17H,6-8H2,1-5H3. The van der Waals surface area contributed by atoms with Crippen molar-refractivity contribution in [3.63, 3.8) is 0 Å². The smallest absolute Gasteiger partial charge is 0.126 e. The molecular weight excluding hydrogens is 290 g/mol. The number of aryl methyl sites for hydroxylation is 1. The zero-order chi connectivity index (χ0) is 13.7. The van der Waals surface area contributed by atoms with E-state index >= 15 is 0 Å².